The van der Waals surface area contributed by atoms with Crippen molar-refractivity contribution in [2.75, 3.05) is 13.1 Å². The van der Waals surface area contributed by atoms with Crippen molar-refractivity contribution in [3.05, 3.63) is 71.8 Å². The summed E-state index contributed by atoms with van der Waals surface area (Å²) in [5.41, 5.74) is 2.39. The third kappa shape index (κ3) is 2.93. The maximum atomic E-state index is 13.7. The number of benzene rings is 2. The molecule has 4 heteroatoms. The molecule has 2 bridgehead atoms. The second-order valence-electron chi connectivity index (χ2n) is 8.86. The first kappa shape index (κ1) is 18.6. The van der Waals surface area contributed by atoms with Gasteiger partial charge in [0.2, 0.25) is 0 Å². The molecule has 29 heavy (non-hydrogen) atoms. The number of likely N-dealkylation sites (tertiary alicyclic amines) is 1. The van der Waals surface area contributed by atoms with Crippen LogP contribution in [0.5, 0.6) is 0 Å². The Morgan fingerprint density at radius 2 is 1.34 bits per heavy atom. The number of hydrogen-bond acceptors (Lipinski definition) is 4. The number of rotatable bonds is 3. The third-order valence-corrected chi connectivity index (χ3v) is 7.48. The first-order valence-electron chi connectivity index (χ1n) is 10.9. The summed E-state index contributed by atoms with van der Waals surface area (Å²) in [6, 6.07) is 20.9. The number of piperidine rings is 1. The number of nitrogens with zero attached hydrogens (tertiary/aromatic N) is 2. The normalized spacial score (nSPS) is 33.9. The first-order chi connectivity index (χ1) is 14.2. The van der Waals surface area contributed by atoms with Crippen molar-refractivity contribution in [2.45, 2.75) is 49.5 Å². The van der Waals surface area contributed by atoms with Crippen LogP contribution in [0.2, 0.25) is 0 Å². The summed E-state index contributed by atoms with van der Waals surface area (Å²) in [7, 11) is 0. The van der Waals surface area contributed by atoms with Gasteiger partial charge in [0.25, 0.3) is 0 Å². The summed E-state index contributed by atoms with van der Waals surface area (Å²) in [6.07, 6.45) is 5.24. The van der Waals surface area contributed by atoms with Gasteiger partial charge in [-0.3, -0.25) is 9.69 Å². The number of oxime groups is 1. The third-order valence-electron chi connectivity index (χ3n) is 7.48. The average molecular weight is 389 g/mol. The lowest BCUT2D eigenvalue weighted by Gasteiger charge is -2.58. The molecule has 4 aliphatic rings. The van der Waals surface area contributed by atoms with Crippen LogP contribution >= 0.6 is 0 Å². The van der Waals surface area contributed by atoms with Gasteiger partial charge in [-0.2, -0.15) is 0 Å². The molecule has 1 heterocycles. The van der Waals surface area contributed by atoms with Gasteiger partial charge in [0.1, 0.15) is 5.71 Å². The van der Waals surface area contributed by atoms with E-state index in [9.17, 15) is 10.0 Å². The molecule has 2 aromatic rings. The molecule has 150 valence electrons. The lowest BCUT2D eigenvalue weighted by molar-refractivity contribution is -0.124. The minimum Gasteiger partial charge on any atom is -0.410 e. The minimum absolute atomic E-state index is 0.0401. The molecule has 3 aliphatic carbocycles. The predicted molar refractivity (Wildman–Crippen MR) is 113 cm³/mol. The summed E-state index contributed by atoms with van der Waals surface area (Å²) in [5.74, 6) is 0.167. The van der Waals surface area contributed by atoms with Crippen molar-refractivity contribution in [3.8, 4) is 0 Å². The summed E-state index contributed by atoms with van der Waals surface area (Å²) < 4.78 is 0. The van der Waals surface area contributed by atoms with E-state index in [1.807, 2.05) is 12.1 Å². The number of hydrogen-bond donors (Lipinski definition) is 1. The fourth-order valence-electron chi connectivity index (χ4n) is 6.21. The maximum absolute atomic E-state index is 13.7. The van der Waals surface area contributed by atoms with E-state index in [1.54, 1.807) is 0 Å². The second kappa shape index (κ2) is 7.42. The van der Waals surface area contributed by atoms with Crippen molar-refractivity contribution >= 4 is 11.5 Å². The Kier molecular flexibility index (Phi) is 4.75. The number of carbonyl (C=O) groups excluding carboxylic acids is 1. The largest absolute Gasteiger partial charge is 0.410 e. The van der Waals surface area contributed by atoms with Crippen LogP contribution in [0.3, 0.4) is 0 Å². The number of carbonyl (C=O) groups is 1. The zero-order chi connectivity index (χ0) is 19.8. The molecule has 1 saturated heterocycles. The van der Waals surface area contributed by atoms with Gasteiger partial charge in [-0.05, 0) is 61.7 Å². The highest BCUT2D eigenvalue weighted by Gasteiger charge is 2.62. The molecule has 4 nitrogen and oxygen atoms in total. The van der Waals surface area contributed by atoms with Crippen molar-refractivity contribution in [2.24, 2.45) is 11.1 Å². The monoisotopic (exact) mass is 388 g/mol. The smallest absolute Gasteiger partial charge is 0.186 e. The maximum Gasteiger partial charge on any atom is 0.186 e. The van der Waals surface area contributed by atoms with Gasteiger partial charge in [-0.15, -0.1) is 0 Å². The first-order valence-corrected chi connectivity index (χ1v) is 10.9. The molecular formula is C25H28N2O2. The standard InChI is InChI=1S/C25H28N2O2/c28-23-22-20(18-10-4-1-5-11-18)16-25(24(23)26-29,27-14-8-3-9-15-27)17-21(22)19-12-6-2-7-13-19/h1-2,4-7,10-13,20-22,29H,3,8-9,14-17H2/b26-24+/t20-,21-,22?,25?/m0/s1. The van der Waals surface area contributed by atoms with Gasteiger partial charge in [0.15, 0.2) is 5.78 Å². The SMILES string of the molecule is O=C1/C(=N\O)C2(N3CCCCC3)C[C@@H](c3ccccc3)C1[C@H](c1ccccc1)C2. The topological polar surface area (TPSA) is 52.9 Å². The molecule has 3 saturated carbocycles. The number of Topliss-reactive ketones (excluding diaryl/α,β-unsaturated/α-hetero) is 1. The van der Waals surface area contributed by atoms with Crippen LogP contribution in [0.25, 0.3) is 0 Å². The van der Waals surface area contributed by atoms with Crippen molar-refractivity contribution in [1.29, 1.82) is 0 Å². The Hall–Kier alpha value is -2.46. The molecule has 0 spiro atoms. The minimum atomic E-state index is -0.470. The van der Waals surface area contributed by atoms with Crippen LogP contribution < -0.4 is 0 Å². The lowest BCUT2D eigenvalue weighted by atomic mass is 9.51. The van der Waals surface area contributed by atoms with Gasteiger partial charge in [0.05, 0.1) is 5.54 Å². The van der Waals surface area contributed by atoms with E-state index < -0.39 is 5.54 Å². The van der Waals surface area contributed by atoms with E-state index in [-0.39, 0.29) is 23.5 Å². The molecule has 6 rings (SSSR count). The summed E-state index contributed by atoms with van der Waals surface area (Å²) in [6.45, 7) is 1.94. The fourth-order valence-corrected chi connectivity index (χ4v) is 6.21. The number of ketones is 1. The molecule has 2 aromatic carbocycles. The Bertz CT molecular complexity index is 853. The highest BCUT2D eigenvalue weighted by Crippen LogP contribution is 2.57. The van der Waals surface area contributed by atoms with Crippen LogP contribution in [-0.4, -0.2) is 40.2 Å². The quantitative estimate of drug-likeness (QED) is 0.617. The van der Waals surface area contributed by atoms with Crippen LogP contribution in [0.4, 0.5) is 0 Å². The predicted octanol–water partition coefficient (Wildman–Crippen LogP) is 4.60. The van der Waals surface area contributed by atoms with E-state index >= 15 is 0 Å². The van der Waals surface area contributed by atoms with Crippen molar-refractivity contribution in [1.82, 2.24) is 4.90 Å². The van der Waals surface area contributed by atoms with Gasteiger partial charge < -0.3 is 5.21 Å². The van der Waals surface area contributed by atoms with E-state index in [0.29, 0.717) is 5.71 Å². The molecular weight excluding hydrogens is 360 g/mol. The molecule has 0 amide bonds. The summed E-state index contributed by atoms with van der Waals surface area (Å²) in [5, 5.41) is 13.6. The Morgan fingerprint density at radius 1 is 0.828 bits per heavy atom. The van der Waals surface area contributed by atoms with Crippen molar-refractivity contribution in [3.63, 3.8) is 0 Å². The van der Waals surface area contributed by atoms with Gasteiger partial charge >= 0.3 is 0 Å². The van der Waals surface area contributed by atoms with Crippen LogP contribution in [0.15, 0.2) is 65.8 Å². The summed E-state index contributed by atoms with van der Waals surface area (Å²) in [4.78, 5) is 16.2. The van der Waals surface area contributed by atoms with Crippen LogP contribution in [-0.2, 0) is 4.79 Å². The van der Waals surface area contributed by atoms with Gasteiger partial charge in [0, 0.05) is 5.92 Å². The fraction of sp³-hybridized carbons (Fsp3) is 0.440. The Morgan fingerprint density at radius 3 is 1.83 bits per heavy atom. The summed E-state index contributed by atoms with van der Waals surface area (Å²) >= 11 is 0. The number of fused-ring (bicyclic) bond motifs is 3. The Labute approximate surface area is 172 Å². The molecule has 0 aromatic heterocycles. The average Bonchev–Trinajstić information content (AvgIpc) is 2.80. The zero-order valence-corrected chi connectivity index (χ0v) is 16.7. The molecule has 1 N–H and O–H groups in total. The highest BCUT2D eigenvalue weighted by molar-refractivity contribution is 6.45. The van der Waals surface area contributed by atoms with Crippen LogP contribution in [0.1, 0.15) is 55.1 Å². The lowest BCUT2D eigenvalue weighted by Crippen LogP contribution is -2.68. The zero-order valence-electron chi connectivity index (χ0n) is 16.7. The molecule has 1 aliphatic heterocycles. The highest BCUT2D eigenvalue weighted by atomic mass is 16.4. The van der Waals surface area contributed by atoms with E-state index in [4.69, 9.17) is 0 Å². The molecule has 2 atom stereocenters. The molecule has 0 unspecified atom stereocenters. The van der Waals surface area contributed by atoms with Crippen molar-refractivity contribution < 1.29 is 10.0 Å². The van der Waals surface area contributed by atoms with Crippen LogP contribution in [0, 0.1) is 5.92 Å². The van der Waals surface area contributed by atoms with E-state index in [0.717, 1.165) is 38.8 Å². The Balaban J connectivity index is 1.66. The van der Waals surface area contributed by atoms with E-state index in [2.05, 4.69) is 58.6 Å². The van der Waals surface area contributed by atoms with Gasteiger partial charge in [-0.1, -0.05) is 72.2 Å². The molecule has 4 fully saturated rings. The van der Waals surface area contributed by atoms with Gasteiger partial charge in [-0.25, -0.2) is 0 Å². The molecule has 0 radical (unpaired) electrons. The van der Waals surface area contributed by atoms with E-state index in [1.165, 1.54) is 17.5 Å². The second-order valence-corrected chi connectivity index (χ2v) is 8.86.